The van der Waals surface area contributed by atoms with E-state index in [0.29, 0.717) is 55.3 Å². The average Bonchev–Trinajstić information content (AvgIpc) is 3.19. The van der Waals surface area contributed by atoms with Gasteiger partial charge in [-0.25, -0.2) is 8.42 Å². The molecule has 0 atom stereocenters. The molecule has 3 rings (SSSR count). The number of hydrogen-bond donors (Lipinski definition) is 2. The number of halogens is 6. The van der Waals surface area contributed by atoms with E-state index in [9.17, 15) is 39.9 Å². The Bertz CT molecular complexity index is 1160. The highest BCUT2D eigenvalue weighted by molar-refractivity contribution is 7.97. The second-order valence-corrected chi connectivity index (χ2v) is 10.1. The highest BCUT2D eigenvalue weighted by Crippen LogP contribution is 2.50. The number of piperazine rings is 1. The number of sulfone groups is 1. The first kappa shape index (κ1) is 26.0. The van der Waals surface area contributed by atoms with E-state index in [0.717, 1.165) is 12.1 Å². The molecule has 0 aliphatic carbocycles. The van der Waals surface area contributed by atoms with E-state index in [1.165, 1.54) is 0 Å². The maximum absolute atomic E-state index is 13.0. The summed E-state index contributed by atoms with van der Waals surface area (Å²) in [6, 6.07) is 3.35. The van der Waals surface area contributed by atoms with Crippen LogP contribution in [0.15, 0.2) is 28.6 Å². The molecule has 1 aromatic carbocycles. The van der Waals surface area contributed by atoms with E-state index in [1.54, 1.807) is 4.90 Å². The fraction of sp³-hybridized carbons (Fsp3) is 0.444. The minimum Gasteiger partial charge on any atom is -0.374 e. The Labute approximate surface area is 193 Å². The van der Waals surface area contributed by atoms with E-state index in [2.05, 4.69) is 21.4 Å². The molecule has 1 saturated heterocycles. The Balaban J connectivity index is 1.62. The minimum absolute atomic E-state index is 0.00831. The molecule has 2 aromatic rings. The van der Waals surface area contributed by atoms with Crippen molar-refractivity contribution in [1.29, 1.82) is 0 Å². The van der Waals surface area contributed by atoms with Gasteiger partial charge in [0, 0.05) is 42.7 Å². The molecule has 1 fully saturated rings. The van der Waals surface area contributed by atoms with Crippen molar-refractivity contribution in [3.8, 4) is 11.2 Å². The number of aliphatic hydroxyl groups is 1. The molecule has 0 saturated carbocycles. The molecular weight excluding hydrogens is 512 g/mol. The molecule has 1 aromatic heterocycles. The fourth-order valence-corrected chi connectivity index (χ4v) is 4.83. The van der Waals surface area contributed by atoms with Crippen LogP contribution in [0.5, 0.6) is 0 Å². The van der Waals surface area contributed by atoms with Crippen LogP contribution in [-0.4, -0.2) is 73.7 Å². The third-order valence-corrected chi connectivity index (χ3v) is 7.41. The number of alkyl halides is 6. The lowest BCUT2D eigenvalue weighted by Crippen LogP contribution is -2.53. The van der Waals surface area contributed by atoms with Gasteiger partial charge in [-0.15, -0.1) is 10.2 Å². The first-order valence-corrected chi connectivity index (χ1v) is 11.7. The molecule has 34 heavy (non-hydrogen) atoms. The summed E-state index contributed by atoms with van der Waals surface area (Å²) in [4.78, 5) is 3.56. The van der Waals surface area contributed by atoms with Crippen molar-refractivity contribution < 1.29 is 39.9 Å². The molecule has 1 aliphatic heterocycles. The average molecular weight is 529 g/mol. The molecule has 0 unspecified atom stereocenters. The Morgan fingerprint density at radius 2 is 1.56 bits per heavy atom. The van der Waals surface area contributed by atoms with Crippen LogP contribution >= 0.6 is 11.3 Å². The Morgan fingerprint density at radius 1 is 1.00 bits per heavy atom. The summed E-state index contributed by atoms with van der Waals surface area (Å²) < 4.78 is 102. The van der Waals surface area contributed by atoms with Crippen molar-refractivity contribution in [2.24, 2.45) is 0 Å². The van der Waals surface area contributed by atoms with Crippen LogP contribution in [0.4, 0.5) is 37.2 Å². The second kappa shape index (κ2) is 9.21. The van der Waals surface area contributed by atoms with Crippen molar-refractivity contribution in [1.82, 2.24) is 15.1 Å². The SMILES string of the molecule is Nc1nnc(S(=O)(=O)C#CCN2CCN(c3ccc(C(O)(C(F)(F)F)C(F)(F)F)cc3)CC2)s1. The predicted molar refractivity (Wildman–Crippen MR) is 110 cm³/mol. The number of hydrogen-bond acceptors (Lipinski definition) is 9. The second-order valence-electron chi connectivity index (χ2n) is 7.20. The zero-order valence-electron chi connectivity index (χ0n) is 17.1. The molecule has 1 aliphatic rings. The van der Waals surface area contributed by atoms with Crippen LogP contribution in [0.25, 0.3) is 0 Å². The summed E-state index contributed by atoms with van der Waals surface area (Å²) in [5.74, 6) is 2.54. The number of nitrogen functional groups attached to an aromatic ring is 1. The molecular formula is C18H17F6N5O3S2. The van der Waals surface area contributed by atoms with Gasteiger partial charge in [0.25, 0.3) is 15.4 Å². The quantitative estimate of drug-likeness (QED) is 0.352. The van der Waals surface area contributed by atoms with Gasteiger partial charge in [0.1, 0.15) is 0 Å². The zero-order valence-corrected chi connectivity index (χ0v) is 18.7. The largest absolute Gasteiger partial charge is 0.430 e. The third kappa shape index (κ3) is 5.22. The molecule has 8 nitrogen and oxygen atoms in total. The fourth-order valence-electron chi connectivity index (χ4n) is 3.18. The van der Waals surface area contributed by atoms with Crippen LogP contribution in [-0.2, 0) is 15.4 Å². The van der Waals surface area contributed by atoms with Crippen molar-refractivity contribution in [3.63, 3.8) is 0 Å². The molecule has 186 valence electrons. The van der Waals surface area contributed by atoms with Crippen LogP contribution in [0, 0.1) is 11.2 Å². The lowest BCUT2D eigenvalue weighted by atomic mass is 9.92. The van der Waals surface area contributed by atoms with Crippen LogP contribution < -0.4 is 10.6 Å². The normalized spacial score (nSPS) is 16.3. The first-order valence-electron chi connectivity index (χ1n) is 9.42. The van der Waals surface area contributed by atoms with E-state index in [4.69, 9.17) is 5.73 Å². The Morgan fingerprint density at radius 3 is 2.03 bits per heavy atom. The monoisotopic (exact) mass is 529 g/mol. The van der Waals surface area contributed by atoms with E-state index in [1.807, 2.05) is 4.90 Å². The van der Waals surface area contributed by atoms with Crippen LogP contribution in [0.2, 0.25) is 0 Å². The number of benzene rings is 1. The summed E-state index contributed by atoms with van der Waals surface area (Å²) in [6.07, 6.45) is -11.9. The molecule has 0 spiro atoms. The molecule has 0 amide bonds. The highest BCUT2D eigenvalue weighted by Gasteiger charge is 2.71. The van der Waals surface area contributed by atoms with Crippen molar-refractivity contribution in [2.45, 2.75) is 22.3 Å². The van der Waals surface area contributed by atoms with Gasteiger partial charge in [0.2, 0.25) is 9.47 Å². The van der Waals surface area contributed by atoms with Gasteiger partial charge in [0.15, 0.2) is 0 Å². The number of aromatic nitrogens is 2. The van der Waals surface area contributed by atoms with Crippen molar-refractivity contribution in [3.05, 3.63) is 29.8 Å². The molecule has 3 N–H and O–H groups in total. The number of anilines is 2. The number of nitrogens with zero attached hydrogens (tertiary/aromatic N) is 4. The lowest BCUT2D eigenvalue weighted by molar-refractivity contribution is -0.376. The van der Waals surface area contributed by atoms with E-state index >= 15 is 0 Å². The summed E-state index contributed by atoms with van der Waals surface area (Å²) in [7, 11) is -3.95. The first-order chi connectivity index (χ1) is 15.6. The summed E-state index contributed by atoms with van der Waals surface area (Å²) in [5, 5.41) is 18.4. The lowest BCUT2D eigenvalue weighted by Gasteiger charge is -2.36. The number of nitrogens with two attached hydrogens (primary N) is 1. The van der Waals surface area contributed by atoms with Gasteiger partial charge >= 0.3 is 12.4 Å². The predicted octanol–water partition coefficient (Wildman–Crippen LogP) is 1.99. The highest BCUT2D eigenvalue weighted by atomic mass is 32.2. The summed E-state index contributed by atoms with van der Waals surface area (Å²) >= 11 is 0.688. The maximum Gasteiger partial charge on any atom is 0.430 e. The van der Waals surface area contributed by atoms with Gasteiger partial charge in [-0.05, 0) is 12.1 Å². The van der Waals surface area contributed by atoms with Crippen molar-refractivity contribution >= 4 is 32.0 Å². The van der Waals surface area contributed by atoms with Crippen molar-refractivity contribution in [2.75, 3.05) is 43.4 Å². The smallest absolute Gasteiger partial charge is 0.374 e. The third-order valence-electron chi connectivity index (χ3n) is 5.00. The van der Waals surface area contributed by atoms with Gasteiger partial charge < -0.3 is 15.7 Å². The van der Waals surface area contributed by atoms with Gasteiger partial charge in [-0.2, -0.15) is 26.3 Å². The van der Waals surface area contributed by atoms with Crippen LogP contribution in [0.3, 0.4) is 0 Å². The van der Waals surface area contributed by atoms with Gasteiger partial charge in [0.05, 0.1) is 6.54 Å². The topological polar surface area (TPSA) is 113 Å². The minimum atomic E-state index is -5.95. The summed E-state index contributed by atoms with van der Waals surface area (Å²) in [5.41, 5.74) is -0.576. The maximum atomic E-state index is 13.0. The molecule has 0 bridgehead atoms. The summed E-state index contributed by atoms with van der Waals surface area (Å²) in [6.45, 7) is 1.67. The molecule has 2 heterocycles. The Hall–Kier alpha value is -2.61. The van der Waals surface area contributed by atoms with Crippen LogP contribution in [0.1, 0.15) is 5.56 Å². The van der Waals surface area contributed by atoms with Gasteiger partial charge in [-0.1, -0.05) is 29.4 Å². The molecule has 16 heteroatoms. The molecule has 0 radical (unpaired) electrons. The van der Waals surface area contributed by atoms with Gasteiger partial charge in [-0.3, -0.25) is 4.90 Å². The Kier molecular flexibility index (Phi) is 7.04. The van der Waals surface area contributed by atoms with E-state index < -0.39 is 33.4 Å². The number of rotatable bonds is 4. The van der Waals surface area contributed by atoms with E-state index in [-0.39, 0.29) is 16.0 Å². The zero-order chi connectivity index (χ0) is 25.4. The standard InChI is InChI=1S/C18H17F6N5O3S2/c19-17(20,21)16(30,18(22,23)24)12-2-4-13(5-3-12)29-9-7-28(8-10-29)6-1-11-34(31,32)15-27-26-14(25)33-15/h2-5,30H,6-10H2,(H2,25,26).